The predicted octanol–water partition coefficient (Wildman–Crippen LogP) is 2.33. The molecule has 0 bridgehead atoms. The Morgan fingerprint density at radius 3 is 2.30 bits per heavy atom. The molecule has 1 saturated carbocycles. The number of aliphatic hydroxyl groups is 1. The van der Waals surface area contributed by atoms with E-state index in [9.17, 15) is 27.5 Å². The first-order valence-corrected chi connectivity index (χ1v) is 10.9. The van der Waals surface area contributed by atoms with Crippen LogP contribution in [-0.4, -0.2) is 42.8 Å². The molecular weight excluding hydrogens is 411 g/mol. The maximum Gasteiger partial charge on any atom is 0.266 e. The van der Waals surface area contributed by atoms with Gasteiger partial charge in [-0.15, -0.1) is 0 Å². The molecule has 2 aromatic rings. The third kappa shape index (κ3) is 4.08. The molecule has 1 aliphatic rings. The summed E-state index contributed by atoms with van der Waals surface area (Å²) in [4.78, 5) is 24.3. The summed E-state index contributed by atoms with van der Waals surface area (Å²) in [5.74, 6) is -1.62. The summed E-state index contributed by atoms with van der Waals surface area (Å²) < 4.78 is 41.5. The summed E-state index contributed by atoms with van der Waals surface area (Å²) in [5.41, 5.74) is 0.00795. The highest BCUT2D eigenvalue weighted by Crippen LogP contribution is 2.51. The first kappa shape index (κ1) is 21.9. The molecule has 0 atom stereocenters. The van der Waals surface area contributed by atoms with E-state index in [1.165, 1.54) is 43.3 Å². The molecule has 0 aliphatic heterocycles. The molecule has 0 aromatic heterocycles. The molecule has 0 saturated heterocycles. The lowest BCUT2D eigenvalue weighted by atomic mass is 9.93. The molecule has 1 fully saturated rings. The van der Waals surface area contributed by atoms with Gasteiger partial charge in [-0.3, -0.25) is 9.59 Å². The predicted molar refractivity (Wildman–Crippen MR) is 109 cm³/mol. The fraction of sp³-hybridized carbons (Fsp3) is 0.333. The Morgan fingerprint density at radius 1 is 1.17 bits per heavy atom. The van der Waals surface area contributed by atoms with Gasteiger partial charge in [0, 0.05) is 18.2 Å². The van der Waals surface area contributed by atoms with Crippen molar-refractivity contribution in [1.29, 1.82) is 0 Å². The minimum absolute atomic E-state index is 0.164. The Bertz CT molecular complexity index is 1080. The zero-order valence-electron chi connectivity index (χ0n) is 16.7. The molecule has 160 valence electrons. The monoisotopic (exact) mass is 434 g/mol. The molecule has 2 N–H and O–H groups in total. The number of nitrogens with one attached hydrogen (secondary N) is 1. The van der Waals surface area contributed by atoms with Crippen molar-refractivity contribution in [3.63, 3.8) is 0 Å². The smallest absolute Gasteiger partial charge is 0.266 e. The van der Waals surface area contributed by atoms with Crippen LogP contribution in [0.5, 0.6) is 0 Å². The van der Waals surface area contributed by atoms with Crippen LogP contribution in [0.15, 0.2) is 47.4 Å². The van der Waals surface area contributed by atoms with Gasteiger partial charge in [-0.2, -0.15) is 0 Å². The van der Waals surface area contributed by atoms with Crippen molar-refractivity contribution in [3.05, 3.63) is 59.4 Å². The van der Waals surface area contributed by atoms with E-state index in [0.29, 0.717) is 28.4 Å². The Labute approximate surface area is 174 Å². The summed E-state index contributed by atoms with van der Waals surface area (Å²) in [6, 6.07) is 9.85. The minimum Gasteiger partial charge on any atom is -0.394 e. The number of hydrogen-bond acceptors (Lipinski definition) is 5. The molecule has 2 aromatic carbocycles. The van der Waals surface area contributed by atoms with E-state index in [4.69, 9.17) is 0 Å². The van der Waals surface area contributed by atoms with Crippen molar-refractivity contribution in [2.24, 2.45) is 0 Å². The van der Waals surface area contributed by atoms with E-state index >= 15 is 0 Å². The molecule has 0 radical (unpaired) electrons. The number of anilines is 1. The van der Waals surface area contributed by atoms with Gasteiger partial charge >= 0.3 is 0 Å². The standard InChI is InChI=1S/C21H23FN2O5S/c1-14-3-8-18(19(22)13-14)21(9-10-21)20(27)24(11-12-25)30(28,29)17-6-4-16(5-7-17)23-15(2)26/h3-8,13,25H,9-12H2,1-2H3,(H,23,26). The maximum atomic E-state index is 14.6. The molecule has 1 aliphatic carbocycles. The highest BCUT2D eigenvalue weighted by atomic mass is 32.2. The second-order valence-corrected chi connectivity index (χ2v) is 9.24. The van der Waals surface area contributed by atoms with Crippen LogP contribution in [0.2, 0.25) is 0 Å². The van der Waals surface area contributed by atoms with Crippen LogP contribution in [-0.2, 0) is 25.0 Å². The van der Waals surface area contributed by atoms with Crippen molar-refractivity contribution >= 4 is 27.5 Å². The van der Waals surface area contributed by atoms with Crippen LogP contribution in [0.25, 0.3) is 0 Å². The number of rotatable bonds is 7. The van der Waals surface area contributed by atoms with Gasteiger partial charge < -0.3 is 10.4 Å². The molecule has 0 unspecified atom stereocenters. The summed E-state index contributed by atoms with van der Waals surface area (Å²) in [5, 5.41) is 11.9. The van der Waals surface area contributed by atoms with Crippen LogP contribution >= 0.6 is 0 Å². The van der Waals surface area contributed by atoms with Crippen molar-refractivity contribution in [3.8, 4) is 0 Å². The zero-order valence-corrected chi connectivity index (χ0v) is 17.5. The van der Waals surface area contributed by atoms with Gasteiger partial charge in [0.05, 0.1) is 23.5 Å². The van der Waals surface area contributed by atoms with Gasteiger partial charge in [-0.25, -0.2) is 17.1 Å². The van der Waals surface area contributed by atoms with Gasteiger partial charge in [-0.1, -0.05) is 12.1 Å². The average molecular weight is 434 g/mol. The number of amides is 2. The van der Waals surface area contributed by atoms with Gasteiger partial charge in [0.25, 0.3) is 10.0 Å². The lowest BCUT2D eigenvalue weighted by Crippen LogP contribution is -2.45. The van der Waals surface area contributed by atoms with Crippen LogP contribution in [0.1, 0.15) is 30.9 Å². The van der Waals surface area contributed by atoms with Crippen LogP contribution in [0.4, 0.5) is 10.1 Å². The number of sulfonamides is 1. The third-order valence-electron chi connectivity index (χ3n) is 5.09. The molecule has 2 amide bonds. The van der Waals surface area contributed by atoms with E-state index in [0.717, 1.165) is 0 Å². The summed E-state index contributed by atoms with van der Waals surface area (Å²) >= 11 is 0. The SMILES string of the molecule is CC(=O)Nc1ccc(S(=O)(=O)N(CCO)C(=O)C2(c3ccc(C)cc3F)CC2)cc1. The lowest BCUT2D eigenvalue weighted by molar-refractivity contribution is -0.129. The van der Waals surface area contributed by atoms with E-state index in [2.05, 4.69) is 5.32 Å². The van der Waals surface area contributed by atoms with Crippen LogP contribution in [0.3, 0.4) is 0 Å². The fourth-order valence-corrected chi connectivity index (χ4v) is 4.88. The second kappa shape index (κ2) is 8.16. The molecule has 30 heavy (non-hydrogen) atoms. The average Bonchev–Trinajstić information content (AvgIpc) is 3.47. The number of carbonyl (C=O) groups excluding carboxylic acids is 2. The molecule has 0 heterocycles. The normalized spacial score (nSPS) is 14.8. The van der Waals surface area contributed by atoms with Crippen molar-refractivity contribution < 1.29 is 27.5 Å². The topological polar surface area (TPSA) is 104 Å². The Hall–Kier alpha value is -2.78. The Balaban J connectivity index is 1.96. The van der Waals surface area contributed by atoms with Gasteiger partial charge in [0.15, 0.2) is 0 Å². The van der Waals surface area contributed by atoms with Crippen molar-refractivity contribution in [2.45, 2.75) is 37.0 Å². The highest BCUT2D eigenvalue weighted by molar-refractivity contribution is 7.89. The highest BCUT2D eigenvalue weighted by Gasteiger charge is 2.56. The number of nitrogens with zero attached hydrogens (tertiary/aromatic N) is 1. The summed E-state index contributed by atoms with van der Waals surface area (Å²) in [6.45, 7) is 2.04. The van der Waals surface area contributed by atoms with E-state index < -0.39 is 40.3 Å². The number of benzene rings is 2. The Kier molecular flexibility index (Phi) is 5.96. The van der Waals surface area contributed by atoms with Crippen LogP contribution in [0, 0.1) is 12.7 Å². The zero-order chi connectivity index (χ0) is 22.1. The summed E-state index contributed by atoms with van der Waals surface area (Å²) in [7, 11) is -4.29. The van der Waals surface area contributed by atoms with E-state index in [1.807, 2.05) is 0 Å². The molecular formula is C21H23FN2O5S. The van der Waals surface area contributed by atoms with Gasteiger partial charge in [0.1, 0.15) is 5.82 Å². The fourth-order valence-electron chi connectivity index (χ4n) is 3.43. The van der Waals surface area contributed by atoms with E-state index in [-0.39, 0.29) is 16.4 Å². The van der Waals surface area contributed by atoms with Crippen molar-refractivity contribution in [1.82, 2.24) is 4.31 Å². The molecule has 0 spiro atoms. The maximum absolute atomic E-state index is 14.6. The van der Waals surface area contributed by atoms with Gasteiger partial charge in [-0.05, 0) is 55.7 Å². The quantitative estimate of drug-likeness (QED) is 0.696. The first-order chi connectivity index (χ1) is 14.1. The largest absolute Gasteiger partial charge is 0.394 e. The number of halogens is 1. The molecule has 3 rings (SSSR count). The van der Waals surface area contributed by atoms with Crippen molar-refractivity contribution in [2.75, 3.05) is 18.5 Å². The third-order valence-corrected chi connectivity index (χ3v) is 6.89. The lowest BCUT2D eigenvalue weighted by Gasteiger charge is -2.27. The minimum atomic E-state index is -4.29. The van der Waals surface area contributed by atoms with Gasteiger partial charge in [0.2, 0.25) is 11.8 Å². The van der Waals surface area contributed by atoms with Crippen LogP contribution < -0.4 is 5.32 Å². The summed E-state index contributed by atoms with van der Waals surface area (Å²) in [6.07, 6.45) is 0.648. The number of hydrogen-bond donors (Lipinski definition) is 2. The molecule has 9 heteroatoms. The first-order valence-electron chi connectivity index (χ1n) is 9.44. The van der Waals surface area contributed by atoms with E-state index in [1.54, 1.807) is 13.0 Å². The second-order valence-electron chi connectivity index (χ2n) is 7.38. The Morgan fingerprint density at radius 2 is 1.80 bits per heavy atom. The number of aliphatic hydroxyl groups excluding tert-OH is 1. The molecule has 7 nitrogen and oxygen atoms in total. The number of aryl methyl sites for hydroxylation is 1. The number of carbonyl (C=O) groups is 2.